The zero-order valence-electron chi connectivity index (χ0n) is 13.4. The maximum Gasteiger partial charge on any atom is 0.265 e. The lowest BCUT2D eigenvalue weighted by molar-refractivity contribution is -0.123. The van der Waals surface area contributed by atoms with E-state index < -0.39 is 0 Å². The Morgan fingerprint density at radius 2 is 2.04 bits per heavy atom. The molecule has 0 atom stereocenters. The summed E-state index contributed by atoms with van der Waals surface area (Å²) < 4.78 is 18.5. The number of halogens is 1. The summed E-state index contributed by atoms with van der Waals surface area (Å²) in [4.78, 5) is 25.8. The molecule has 2 amide bonds. The lowest BCUT2D eigenvalue weighted by Gasteiger charge is -2.29. The quantitative estimate of drug-likeness (QED) is 0.942. The van der Waals surface area contributed by atoms with Crippen LogP contribution in [0.3, 0.4) is 0 Å². The van der Waals surface area contributed by atoms with Crippen LogP contribution in [-0.2, 0) is 9.59 Å². The van der Waals surface area contributed by atoms with Crippen LogP contribution >= 0.6 is 0 Å². The molecule has 0 fully saturated rings. The molecule has 1 heterocycles. The van der Waals surface area contributed by atoms with Crippen molar-refractivity contribution in [2.75, 3.05) is 23.4 Å². The molecule has 2 aromatic rings. The normalized spacial score (nSPS) is 13.3. The molecule has 0 aliphatic carbocycles. The number of nitrogens with one attached hydrogen (secondary N) is 1. The van der Waals surface area contributed by atoms with Crippen molar-refractivity contribution >= 4 is 23.2 Å². The summed E-state index contributed by atoms with van der Waals surface area (Å²) in [6.45, 7) is 3.40. The number of carbonyl (C=O) groups is 2. The van der Waals surface area contributed by atoms with Crippen LogP contribution in [0.1, 0.15) is 11.1 Å². The van der Waals surface area contributed by atoms with Gasteiger partial charge in [-0.15, -0.1) is 0 Å². The van der Waals surface area contributed by atoms with Crippen molar-refractivity contribution in [1.82, 2.24) is 0 Å². The Labute approximate surface area is 139 Å². The summed E-state index contributed by atoms with van der Waals surface area (Å²) >= 11 is 0. The number of rotatable bonds is 3. The van der Waals surface area contributed by atoms with Crippen LogP contribution in [0.15, 0.2) is 36.4 Å². The fourth-order valence-corrected chi connectivity index (χ4v) is 2.59. The SMILES string of the molecule is Cc1ccc2c(c1)OCC(=O)N2CC(=O)Nc1ccc(F)cc1C. The van der Waals surface area contributed by atoms with E-state index in [0.29, 0.717) is 22.7 Å². The molecule has 0 saturated heterocycles. The van der Waals surface area contributed by atoms with Gasteiger partial charge in [0.1, 0.15) is 18.1 Å². The molecule has 5 nitrogen and oxygen atoms in total. The minimum absolute atomic E-state index is 0.0979. The first-order valence-corrected chi connectivity index (χ1v) is 7.54. The van der Waals surface area contributed by atoms with E-state index in [1.807, 2.05) is 19.1 Å². The van der Waals surface area contributed by atoms with Gasteiger partial charge in [0.2, 0.25) is 5.91 Å². The largest absolute Gasteiger partial charge is 0.482 e. The van der Waals surface area contributed by atoms with Crippen LogP contribution in [0, 0.1) is 19.7 Å². The van der Waals surface area contributed by atoms with E-state index in [1.54, 1.807) is 13.0 Å². The first-order chi connectivity index (χ1) is 11.4. The summed E-state index contributed by atoms with van der Waals surface area (Å²) in [5.74, 6) is -0.415. The summed E-state index contributed by atoms with van der Waals surface area (Å²) in [5.41, 5.74) is 2.72. The van der Waals surface area contributed by atoms with Crippen LogP contribution in [0.25, 0.3) is 0 Å². The third-order valence-corrected chi connectivity index (χ3v) is 3.82. The van der Waals surface area contributed by atoms with E-state index in [9.17, 15) is 14.0 Å². The van der Waals surface area contributed by atoms with Gasteiger partial charge >= 0.3 is 0 Å². The van der Waals surface area contributed by atoms with Gasteiger partial charge in [0.25, 0.3) is 5.91 Å². The number of hydrogen-bond acceptors (Lipinski definition) is 3. The summed E-state index contributed by atoms with van der Waals surface area (Å²) in [7, 11) is 0. The molecule has 1 aliphatic rings. The number of hydrogen-bond donors (Lipinski definition) is 1. The molecule has 0 aromatic heterocycles. The van der Waals surface area contributed by atoms with Crippen LogP contribution in [-0.4, -0.2) is 25.0 Å². The molecule has 1 N–H and O–H groups in total. The fourth-order valence-electron chi connectivity index (χ4n) is 2.59. The van der Waals surface area contributed by atoms with Gasteiger partial charge in [-0.2, -0.15) is 0 Å². The Morgan fingerprint density at radius 1 is 1.25 bits per heavy atom. The molecule has 0 bridgehead atoms. The van der Waals surface area contributed by atoms with Gasteiger partial charge in [-0.25, -0.2) is 4.39 Å². The third kappa shape index (κ3) is 3.22. The van der Waals surface area contributed by atoms with Gasteiger partial charge < -0.3 is 10.1 Å². The molecule has 6 heteroatoms. The Morgan fingerprint density at radius 3 is 2.79 bits per heavy atom. The van der Waals surface area contributed by atoms with Crippen molar-refractivity contribution < 1.29 is 18.7 Å². The standard InChI is InChI=1S/C18H17FN2O3/c1-11-3-6-15-16(7-11)24-10-18(23)21(15)9-17(22)20-14-5-4-13(19)8-12(14)2/h3-8H,9-10H2,1-2H3,(H,20,22). The van der Waals surface area contributed by atoms with E-state index in [1.165, 1.54) is 23.1 Å². The zero-order valence-corrected chi connectivity index (χ0v) is 13.4. The third-order valence-electron chi connectivity index (χ3n) is 3.82. The Hall–Kier alpha value is -2.89. The maximum absolute atomic E-state index is 13.1. The molecule has 124 valence electrons. The van der Waals surface area contributed by atoms with Crippen LogP contribution in [0.5, 0.6) is 5.75 Å². The molecule has 0 saturated carbocycles. The molecule has 0 radical (unpaired) electrons. The number of fused-ring (bicyclic) bond motifs is 1. The van der Waals surface area contributed by atoms with Crippen LogP contribution in [0.2, 0.25) is 0 Å². The van der Waals surface area contributed by atoms with Crippen molar-refractivity contribution in [3.05, 3.63) is 53.3 Å². The van der Waals surface area contributed by atoms with E-state index in [2.05, 4.69) is 5.32 Å². The topological polar surface area (TPSA) is 58.6 Å². The number of carbonyl (C=O) groups excluding carboxylic acids is 2. The number of nitrogens with zero attached hydrogens (tertiary/aromatic N) is 1. The van der Waals surface area contributed by atoms with Gasteiger partial charge in [0.15, 0.2) is 6.61 Å². The van der Waals surface area contributed by atoms with Crippen molar-refractivity contribution in [1.29, 1.82) is 0 Å². The monoisotopic (exact) mass is 328 g/mol. The molecule has 0 unspecified atom stereocenters. The van der Waals surface area contributed by atoms with E-state index in [-0.39, 0.29) is 30.8 Å². The van der Waals surface area contributed by atoms with Crippen LogP contribution < -0.4 is 15.0 Å². The Kier molecular flexibility index (Phi) is 4.20. The van der Waals surface area contributed by atoms with Gasteiger partial charge in [-0.3, -0.25) is 14.5 Å². The highest BCUT2D eigenvalue weighted by Gasteiger charge is 2.27. The minimum atomic E-state index is -0.363. The first kappa shape index (κ1) is 16.0. The molecule has 24 heavy (non-hydrogen) atoms. The van der Waals surface area contributed by atoms with E-state index >= 15 is 0 Å². The van der Waals surface area contributed by atoms with Crippen molar-refractivity contribution in [2.45, 2.75) is 13.8 Å². The fraction of sp³-hybridized carbons (Fsp3) is 0.222. The molecule has 1 aliphatic heterocycles. The number of amides is 2. The van der Waals surface area contributed by atoms with Gasteiger partial charge in [-0.05, 0) is 55.3 Å². The Balaban J connectivity index is 1.78. The second-order valence-electron chi connectivity index (χ2n) is 5.75. The lowest BCUT2D eigenvalue weighted by atomic mass is 10.1. The summed E-state index contributed by atoms with van der Waals surface area (Å²) in [6.07, 6.45) is 0. The number of anilines is 2. The zero-order chi connectivity index (χ0) is 17.3. The predicted molar refractivity (Wildman–Crippen MR) is 88.8 cm³/mol. The number of aryl methyl sites for hydroxylation is 2. The lowest BCUT2D eigenvalue weighted by Crippen LogP contribution is -2.43. The van der Waals surface area contributed by atoms with Crippen LogP contribution in [0.4, 0.5) is 15.8 Å². The highest BCUT2D eigenvalue weighted by molar-refractivity contribution is 6.05. The summed E-state index contributed by atoms with van der Waals surface area (Å²) in [6, 6.07) is 9.57. The number of benzene rings is 2. The highest BCUT2D eigenvalue weighted by Crippen LogP contribution is 2.32. The van der Waals surface area contributed by atoms with E-state index in [0.717, 1.165) is 5.56 Å². The van der Waals surface area contributed by atoms with Gasteiger partial charge in [0.05, 0.1) is 5.69 Å². The average Bonchev–Trinajstić information content (AvgIpc) is 2.53. The maximum atomic E-state index is 13.1. The molecular formula is C18H17FN2O3. The second kappa shape index (κ2) is 6.31. The number of ether oxygens (including phenoxy) is 1. The summed E-state index contributed by atoms with van der Waals surface area (Å²) in [5, 5.41) is 2.71. The van der Waals surface area contributed by atoms with Crippen molar-refractivity contribution in [3.63, 3.8) is 0 Å². The van der Waals surface area contributed by atoms with Crippen molar-refractivity contribution in [2.24, 2.45) is 0 Å². The average molecular weight is 328 g/mol. The first-order valence-electron chi connectivity index (χ1n) is 7.54. The second-order valence-corrected chi connectivity index (χ2v) is 5.75. The van der Waals surface area contributed by atoms with Gasteiger partial charge in [-0.1, -0.05) is 6.07 Å². The molecule has 3 rings (SSSR count). The minimum Gasteiger partial charge on any atom is -0.482 e. The van der Waals surface area contributed by atoms with E-state index in [4.69, 9.17) is 4.74 Å². The van der Waals surface area contributed by atoms with Gasteiger partial charge in [0, 0.05) is 5.69 Å². The predicted octanol–water partition coefficient (Wildman–Crippen LogP) is 2.81. The Bertz CT molecular complexity index is 820. The molecule has 2 aromatic carbocycles. The smallest absolute Gasteiger partial charge is 0.265 e. The molecular weight excluding hydrogens is 311 g/mol. The molecule has 0 spiro atoms. The highest BCUT2D eigenvalue weighted by atomic mass is 19.1. The van der Waals surface area contributed by atoms with Crippen molar-refractivity contribution in [3.8, 4) is 5.75 Å².